The quantitative estimate of drug-likeness (QED) is 0.219. The van der Waals surface area contributed by atoms with E-state index in [0.29, 0.717) is 6.61 Å². The molecule has 0 aliphatic carbocycles. The van der Waals surface area contributed by atoms with Gasteiger partial charge in [0.15, 0.2) is 5.11 Å². The van der Waals surface area contributed by atoms with Crippen molar-refractivity contribution in [3.05, 3.63) is 0 Å². The summed E-state index contributed by atoms with van der Waals surface area (Å²) in [6, 6.07) is 0. The second-order valence-electron chi connectivity index (χ2n) is 1.63. The lowest BCUT2D eigenvalue weighted by molar-refractivity contribution is -0.141. The number of hydrogen-bond donors (Lipinski definition) is 3. The van der Waals surface area contributed by atoms with Crippen LogP contribution in [0.5, 0.6) is 0 Å². The van der Waals surface area contributed by atoms with E-state index in [0.717, 1.165) is 0 Å². The summed E-state index contributed by atoms with van der Waals surface area (Å²) in [4.78, 5) is 10.7. The third-order valence-corrected chi connectivity index (χ3v) is 1.09. The van der Waals surface area contributed by atoms with Gasteiger partial charge < -0.3 is 15.5 Å². The van der Waals surface area contributed by atoms with Crippen molar-refractivity contribution in [2.75, 3.05) is 13.2 Å². The van der Waals surface area contributed by atoms with Crippen molar-refractivity contribution in [3.8, 4) is 0 Å². The van der Waals surface area contributed by atoms with E-state index in [9.17, 15) is 4.79 Å². The Morgan fingerprint density at radius 3 is 2.82 bits per heavy atom. The molecular weight excluding hydrogens is 166 g/mol. The molecule has 0 bridgehead atoms. The summed E-state index contributed by atoms with van der Waals surface area (Å²) >= 11 is 4.60. The van der Waals surface area contributed by atoms with Crippen LogP contribution in [0.1, 0.15) is 6.92 Å². The van der Waals surface area contributed by atoms with E-state index in [1.165, 1.54) is 0 Å². The van der Waals surface area contributed by atoms with E-state index >= 15 is 0 Å². The van der Waals surface area contributed by atoms with E-state index in [4.69, 9.17) is 5.84 Å². The van der Waals surface area contributed by atoms with Crippen LogP contribution >= 0.6 is 12.2 Å². The fourth-order valence-electron chi connectivity index (χ4n) is 0.415. The molecule has 0 aromatic rings. The smallest absolute Gasteiger partial charge is 0.325 e. The van der Waals surface area contributed by atoms with Gasteiger partial charge in [-0.05, 0) is 19.1 Å². The number of ether oxygens (including phenoxy) is 1. The molecule has 0 amide bonds. The normalized spacial score (nSPS) is 8.55. The highest BCUT2D eigenvalue weighted by Gasteiger charge is 2.00. The minimum absolute atomic E-state index is 0.0386. The summed E-state index contributed by atoms with van der Waals surface area (Å²) in [7, 11) is 0. The third-order valence-electron chi connectivity index (χ3n) is 0.830. The molecule has 0 atom stereocenters. The van der Waals surface area contributed by atoms with Crippen molar-refractivity contribution in [3.63, 3.8) is 0 Å². The van der Waals surface area contributed by atoms with Crippen LogP contribution in [0.4, 0.5) is 0 Å². The number of hydrazine groups is 1. The Morgan fingerprint density at radius 2 is 2.36 bits per heavy atom. The lowest BCUT2D eigenvalue weighted by Gasteiger charge is -2.05. The van der Waals surface area contributed by atoms with Crippen molar-refractivity contribution >= 4 is 23.3 Å². The average molecular weight is 177 g/mol. The van der Waals surface area contributed by atoms with Gasteiger partial charge in [-0.1, -0.05) is 0 Å². The second kappa shape index (κ2) is 5.87. The van der Waals surface area contributed by atoms with Crippen molar-refractivity contribution in [1.29, 1.82) is 0 Å². The van der Waals surface area contributed by atoms with E-state index in [1.54, 1.807) is 6.92 Å². The van der Waals surface area contributed by atoms with Crippen LogP contribution in [0.15, 0.2) is 0 Å². The zero-order chi connectivity index (χ0) is 8.69. The van der Waals surface area contributed by atoms with Crippen LogP contribution in [0.3, 0.4) is 0 Å². The van der Waals surface area contributed by atoms with Gasteiger partial charge in [0.25, 0.3) is 0 Å². The second-order valence-corrected chi connectivity index (χ2v) is 2.04. The van der Waals surface area contributed by atoms with Crippen LogP contribution in [-0.2, 0) is 9.53 Å². The molecule has 64 valence electrons. The Kier molecular flexibility index (Phi) is 5.40. The monoisotopic (exact) mass is 177 g/mol. The van der Waals surface area contributed by atoms with Crippen LogP contribution in [0.25, 0.3) is 0 Å². The zero-order valence-corrected chi connectivity index (χ0v) is 7.03. The molecule has 0 saturated heterocycles. The highest BCUT2D eigenvalue weighted by Crippen LogP contribution is 1.74. The van der Waals surface area contributed by atoms with Gasteiger partial charge in [-0.2, -0.15) is 0 Å². The first-order chi connectivity index (χ1) is 5.20. The van der Waals surface area contributed by atoms with Gasteiger partial charge >= 0.3 is 5.97 Å². The molecule has 0 heterocycles. The summed E-state index contributed by atoms with van der Waals surface area (Å²) in [5, 5.41) is 2.76. The van der Waals surface area contributed by atoms with Crippen LogP contribution < -0.4 is 16.6 Å². The Hall–Kier alpha value is -0.880. The number of hydrogen-bond acceptors (Lipinski definition) is 4. The molecule has 0 saturated carbocycles. The maximum atomic E-state index is 10.7. The number of thiocarbonyl (C=S) groups is 1. The number of nitrogens with one attached hydrogen (secondary N) is 2. The van der Waals surface area contributed by atoms with E-state index in [2.05, 4.69) is 27.7 Å². The highest BCUT2D eigenvalue weighted by molar-refractivity contribution is 7.80. The minimum Gasteiger partial charge on any atom is -0.465 e. The van der Waals surface area contributed by atoms with Gasteiger partial charge in [0.2, 0.25) is 0 Å². The Bertz CT molecular complexity index is 151. The highest BCUT2D eigenvalue weighted by atomic mass is 32.1. The van der Waals surface area contributed by atoms with Gasteiger partial charge in [0.1, 0.15) is 6.54 Å². The number of carbonyl (C=O) groups is 1. The van der Waals surface area contributed by atoms with Crippen molar-refractivity contribution in [2.24, 2.45) is 5.84 Å². The molecule has 0 aliphatic heterocycles. The maximum Gasteiger partial charge on any atom is 0.325 e. The molecule has 4 N–H and O–H groups in total. The third kappa shape index (κ3) is 5.56. The van der Waals surface area contributed by atoms with Gasteiger partial charge in [0.05, 0.1) is 6.61 Å². The standard InChI is InChI=1S/C5H11N3O2S/c1-2-10-4(9)3-7-5(11)8-6/h2-3,6H2,1H3,(H2,7,8,11). The van der Waals surface area contributed by atoms with E-state index < -0.39 is 0 Å². The predicted octanol–water partition coefficient (Wildman–Crippen LogP) is -1.11. The number of carbonyl (C=O) groups excluding carboxylic acids is 1. The van der Waals surface area contributed by atoms with E-state index in [-0.39, 0.29) is 17.6 Å². The first-order valence-corrected chi connectivity index (χ1v) is 3.51. The summed E-state index contributed by atoms with van der Waals surface area (Å²) in [6.45, 7) is 2.14. The van der Waals surface area contributed by atoms with Gasteiger partial charge in [0, 0.05) is 0 Å². The lowest BCUT2D eigenvalue weighted by atomic mass is 10.6. The average Bonchev–Trinajstić information content (AvgIpc) is 2.01. The summed E-state index contributed by atoms with van der Waals surface area (Å²) in [6.07, 6.45) is 0. The zero-order valence-electron chi connectivity index (χ0n) is 6.22. The molecule has 0 aromatic carbocycles. The number of esters is 1. The molecule has 5 nitrogen and oxygen atoms in total. The predicted molar refractivity (Wildman–Crippen MR) is 44.6 cm³/mol. The van der Waals surface area contributed by atoms with Crippen molar-refractivity contribution in [2.45, 2.75) is 6.92 Å². The largest absolute Gasteiger partial charge is 0.465 e. The fourth-order valence-corrected chi connectivity index (χ4v) is 0.488. The molecular formula is C5H11N3O2S. The molecule has 11 heavy (non-hydrogen) atoms. The molecule has 0 rings (SSSR count). The molecule has 0 aromatic heterocycles. The van der Waals surface area contributed by atoms with Crippen molar-refractivity contribution in [1.82, 2.24) is 10.7 Å². The fraction of sp³-hybridized carbons (Fsp3) is 0.600. The minimum atomic E-state index is -0.356. The topological polar surface area (TPSA) is 76.4 Å². The molecule has 0 fully saturated rings. The molecule has 0 aliphatic rings. The molecule has 0 radical (unpaired) electrons. The van der Waals surface area contributed by atoms with Gasteiger partial charge in [-0.15, -0.1) is 0 Å². The van der Waals surface area contributed by atoms with Crippen LogP contribution in [-0.4, -0.2) is 24.2 Å². The number of nitrogens with two attached hydrogens (primary N) is 1. The summed E-state index contributed by atoms with van der Waals surface area (Å²) < 4.78 is 4.61. The molecule has 0 unspecified atom stereocenters. The van der Waals surface area contributed by atoms with E-state index in [1.807, 2.05) is 0 Å². The summed E-state index contributed by atoms with van der Waals surface area (Å²) in [5.41, 5.74) is 2.17. The first-order valence-electron chi connectivity index (χ1n) is 3.10. The number of rotatable bonds is 3. The molecule has 0 spiro atoms. The Balaban J connectivity index is 3.38. The summed E-state index contributed by atoms with van der Waals surface area (Å²) in [5.74, 6) is 4.57. The SMILES string of the molecule is CCOC(=O)CNC(=S)NN. The van der Waals surface area contributed by atoms with Crippen molar-refractivity contribution < 1.29 is 9.53 Å². The first kappa shape index (κ1) is 10.1. The molecule has 6 heteroatoms. The Morgan fingerprint density at radius 1 is 1.73 bits per heavy atom. The van der Waals surface area contributed by atoms with Crippen LogP contribution in [0, 0.1) is 0 Å². The van der Waals surface area contributed by atoms with Gasteiger partial charge in [-0.3, -0.25) is 4.79 Å². The maximum absolute atomic E-state index is 10.7. The van der Waals surface area contributed by atoms with Gasteiger partial charge in [-0.25, -0.2) is 5.84 Å². The van der Waals surface area contributed by atoms with Crippen LogP contribution in [0.2, 0.25) is 0 Å². The lowest BCUT2D eigenvalue weighted by Crippen LogP contribution is -2.42. The Labute approximate surface area is 70.2 Å².